The van der Waals surface area contributed by atoms with Crippen molar-refractivity contribution in [2.45, 2.75) is 45.7 Å². The summed E-state index contributed by atoms with van der Waals surface area (Å²) < 4.78 is 0. The van der Waals surface area contributed by atoms with E-state index in [1.54, 1.807) is 0 Å². The van der Waals surface area contributed by atoms with Crippen LogP contribution in [-0.4, -0.2) is 30.6 Å². The van der Waals surface area contributed by atoms with Gasteiger partial charge in [-0.25, -0.2) is 0 Å². The largest absolute Gasteiger partial charge is 0.311 e. The molecular formula is C17H28N2. The second-order valence-corrected chi connectivity index (χ2v) is 5.82. The van der Waals surface area contributed by atoms with Crippen molar-refractivity contribution < 1.29 is 0 Å². The zero-order valence-electron chi connectivity index (χ0n) is 12.6. The lowest BCUT2D eigenvalue weighted by Gasteiger charge is -2.42. The van der Waals surface area contributed by atoms with Crippen molar-refractivity contribution in [2.24, 2.45) is 5.92 Å². The first-order valence-electron chi connectivity index (χ1n) is 7.78. The standard InChI is InChI=1S/C17H28N2/c1-4-11-19-13-16(14(3)5-2)18-12-17(19)15-9-7-6-8-10-15/h6-10,14,16-18H,4-5,11-13H2,1-3H3. The molecule has 1 aromatic carbocycles. The maximum Gasteiger partial charge on any atom is 0.0473 e. The number of nitrogens with one attached hydrogen (secondary N) is 1. The quantitative estimate of drug-likeness (QED) is 0.872. The normalized spacial score (nSPS) is 26.3. The van der Waals surface area contributed by atoms with Crippen LogP contribution in [0.4, 0.5) is 0 Å². The second-order valence-electron chi connectivity index (χ2n) is 5.82. The number of nitrogens with zero attached hydrogens (tertiary/aromatic N) is 1. The number of benzene rings is 1. The van der Waals surface area contributed by atoms with E-state index in [4.69, 9.17) is 0 Å². The molecule has 2 rings (SSSR count). The summed E-state index contributed by atoms with van der Waals surface area (Å²) in [6.07, 6.45) is 2.49. The first-order valence-corrected chi connectivity index (χ1v) is 7.78. The Hall–Kier alpha value is -0.860. The summed E-state index contributed by atoms with van der Waals surface area (Å²) in [5.41, 5.74) is 1.45. The number of hydrogen-bond donors (Lipinski definition) is 1. The van der Waals surface area contributed by atoms with Gasteiger partial charge in [0.25, 0.3) is 0 Å². The molecule has 0 spiro atoms. The lowest BCUT2D eigenvalue weighted by atomic mass is 9.93. The molecule has 1 aliphatic rings. The van der Waals surface area contributed by atoms with E-state index in [2.05, 4.69) is 61.3 Å². The summed E-state index contributed by atoms with van der Waals surface area (Å²) in [7, 11) is 0. The molecule has 0 aliphatic carbocycles. The molecule has 106 valence electrons. The number of rotatable bonds is 5. The summed E-state index contributed by atoms with van der Waals surface area (Å²) in [6, 6.07) is 12.1. The van der Waals surface area contributed by atoms with Gasteiger partial charge < -0.3 is 5.32 Å². The fourth-order valence-corrected chi connectivity index (χ4v) is 3.04. The Kier molecular flexibility index (Phi) is 5.41. The van der Waals surface area contributed by atoms with Crippen LogP contribution >= 0.6 is 0 Å². The van der Waals surface area contributed by atoms with Crippen molar-refractivity contribution in [1.29, 1.82) is 0 Å². The lowest BCUT2D eigenvalue weighted by molar-refractivity contribution is 0.109. The minimum Gasteiger partial charge on any atom is -0.311 e. The van der Waals surface area contributed by atoms with Gasteiger partial charge in [0.2, 0.25) is 0 Å². The van der Waals surface area contributed by atoms with Crippen LogP contribution in [0.1, 0.15) is 45.2 Å². The highest BCUT2D eigenvalue weighted by molar-refractivity contribution is 5.20. The fourth-order valence-electron chi connectivity index (χ4n) is 3.04. The van der Waals surface area contributed by atoms with Crippen LogP contribution < -0.4 is 5.32 Å². The lowest BCUT2D eigenvalue weighted by Crippen LogP contribution is -2.54. The molecule has 1 N–H and O–H groups in total. The van der Waals surface area contributed by atoms with Crippen LogP contribution in [0.3, 0.4) is 0 Å². The molecule has 2 nitrogen and oxygen atoms in total. The monoisotopic (exact) mass is 260 g/mol. The predicted octanol–water partition coefficient (Wildman–Crippen LogP) is 3.46. The highest BCUT2D eigenvalue weighted by Gasteiger charge is 2.30. The van der Waals surface area contributed by atoms with Crippen molar-refractivity contribution >= 4 is 0 Å². The highest BCUT2D eigenvalue weighted by Crippen LogP contribution is 2.26. The molecule has 0 bridgehead atoms. The van der Waals surface area contributed by atoms with Crippen molar-refractivity contribution in [1.82, 2.24) is 10.2 Å². The van der Waals surface area contributed by atoms with Gasteiger partial charge in [0, 0.05) is 25.2 Å². The molecule has 1 aromatic rings. The maximum absolute atomic E-state index is 3.77. The molecule has 1 aliphatic heterocycles. The Morgan fingerprint density at radius 3 is 2.63 bits per heavy atom. The van der Waals surface area contributed by atoms with Crippen molar-refractivity contribution in [2.75, 3.05) is 19.6 Å². The summed E-state index contributed by atoms with van der Waals surface area (Å²) in [6.45, 7) is 10.4. The van der Waals surface area contributed by atoms with Gasteiger partial charge in [-0.15, -0.1) is 0 Å². The third-order valence-electron chi connectivity index (χ3n) is 4.47. The van der Waals surface area contributed by atoms with Gasteiger partial charge in [0.1, 0.15) is 0 Å². The number of hydrogen-bond acceptors (Lipinski definition) is 2. The van der Waals surface area contributed by atoms with E-state index in [0.717, 1.165) is 12.5 Å². The Morgan fingerprint density at radius 1 is 1.26 bits per heavy atom. The van der Waals surface area contributed by atoms with Gasteiger partial charge in [-0.1, -0.05) is 57.5 Å². The molecule has 3 unspecified atom stereocenters. The zero-order chi connectivity index (χ0) is 13.7. The van der Waals surface area contributed by atoms with E-state index in [1.165, 1.54) is 31.5 Å². The molecular weight excluding hydrogens is 232 g/mol. The number of piperazine rings is 1. The van der Waals surface area contributed by atoms with E-state index in [9.17, 15) is 0 Å². The molecule has 19 heavy (non-hydrogen) atoms. The average molecular weight is 260 g/mol. The van der Waals surface area contributed by atoms with Crippen LogP contribution in [0.15, 0.2) is 30.3 Å². The molecule has 2 heteroatoms. The Morgan fingerprint density at radius 2 is 2.00 bits per heavy atom. The minimum absolute atomic E-state index is 0.543. The van der Waals surface area contributed by atoms with E-state index >= 15 is 0 Å². The third-order valence-corrected chi connectivity index (χ3v) is 4.47. The molecule has 1 fully saturated rings. The van der Waals surface area contributed by atoms with Crippen LogP contribution in [0.5, 0.6) is 0 Å². The highest BCUT2D eigenvalue weighted by atomic mass is 15.2. The predicted molar refractivity (Wildman–Crippen MR) is 82.3 cm³/mol. The van der Waals surface area contributed by atoms with Gasteiger partial charge in [-0.2, -0.15) is 0 Å². The van der Waals surface area contributed by atoms with Crippen molar-refractivity contribution in [3.63, 3.8) is 0 Å². The van der Waals surface area contributed by atoms with Crippen molar-refractivity contribution in [3.8, 4) is 0 Å². The van der Waals surface area contributed by atoms with Crippen molar-refractivity contribution in [3.05, 3.63) is 35.9 Å². The van der Waals surface area contributed by atoms with E-state index < -0.39 is 0 Å². The first kappa shape index (κ1) is 14.5. The second kappa shape index (κ2) is 7.06. The maximum atomic E-state index is 3.77. The minimum atomic E-state index is 0.543. The molecule has 0 saturated carbocycles. The van der Waals surface area contributed by atoms with Crippen LogP contribution in [-0.2, 0) is 0 Å². The molecule has 1 saturated heterocycles. The summed E-state index contributed by atoms with van der Waals surface area (Å²) >= 11 is 0. The third kappa shape index (κ3) is 3.58. The van der Waals surface area contributed by atoms with E-state index in [-0.39, 0.29) is 0 Å². The molecule has 0 aromatic heterocycles. The topological polar surface area (TPSA) is 15.3 Å². The fraction of sp³-hybridized carbons (Fsp3) is 0.647. The molecule has 3 atom stereocenters. The van der Waals surface area contributed by atoms with Crippen LogP contribution in [0.25, 0.3) is 0 Å². The van der Waals surface area contributed by atoms with Gasteiger partial charge >= 0.3 is 0 Å². The zero-order valence-corrected chi connectivity index (χ0v) is 12.6. The van der Waals surface area contributed by atoms with Gasteiger partial charge in [0.15, 0.2) is 0 Å². The Labute approximate surface area is 118 Å². The molecule has 0 radical (unpaired) electrons. The molecule has 0 amide bonds. The summed E-state index contributed by atoms with van der Waals surface area (Å²) in [5.74, 6) is 0.760. The smallest absolute Gasteiger partial charge is 0.0473 e. The van der Waals surface area contributed by atoms with Crippen LogP contribution in [0.2, 0.25) is 0 Å². The average Bonchev–Trinajstić information content (AvgIpc) is 2.47. The molecule has 1 heterocycles. The van der Waals surface area contributed by atoms with Gasteiger partial charge in [0.05, 0.1) is 0 Å². The van der Waals surface area contributed by atoms with Gasteiger partial charge in [-0.3, -0.25) is 4.90 Å². The summed E-state index contributed by atoms with van der Waals surface area (Å²) in [5, 5.41) is 3.77. The van der Waals surface area contributed by atoms with Gasteiger partial charge in [-0.05, 0) is 24.4 Å². The van der Waals surface area contributed by atoms with Crippen LogP contribution in [0, 0.1) is 5.92 Å². The summed E-state index contributed by atoms with van der Waals surface area (Å²) in [4.78, 5) is 2.67. The first-order chi connectivity index (χ1) is 9.26. The Bertz CT molecular complexity index is 363. The van der Waals surface area contributed by atoms with E-state index in [1.807, 2.05) is 0 Å². The SMILES string of the molecule is CCCN1CC(C(C)CC)NCC1c1ccccc1. The van der Waals surface area contributed by atoms with E-state index in [0.29, 0.717) is 12.1 Å². The Balaban J connectivity index is 2.08.